The average Bonchev–Trinajstić information content (AvgIpc) is 3.09. The van der Waals surface area contributed by atoms with E-state index in [0.717, 1.165) is 0 Å². The van der Waals surface area contributed by atoms with Crippen LogP contribution in [0.1, 0.15) is 30.8 Å². The van der Waals surface area contributed by atoms with Crippen LogP contribution in [-0.4, -0.2) is 39.5 Å². The molecule has 6 nitrogen and oxygen atoms in total. The van der Waals surface area contributed by atoms with E-state index in [0.29, 0.717) is 16.5 Å². The Labute approximate surface area is 126 Å². The zero-order chi connectivity index (χ0) is 15.4. The van der Waals surface area contributed by atoms with Crippen molar-refractivity contribution in [2.75, 3.05) is 6.54 Å². The highest BCUT2D eigenvalue weighted by Gasteiger charge is 2.22. The minimum absolute atomic E-state index is 0.0842. The number of carboxylic acid groups (broad SMARTS) is 1. The van der Waals surface area contributed by atoms with Gasteiger partial charge in [0.2, 0.25) is 0 Å². The second-order valence-corrected chi connectivity index (χ2v) is 5.61. The van der Waals surface area contributed by atoms with Crippen LogP contribution in [0.2, 0.25) is 0 Å². The second-order valence-electron chi connectivity index (χ2n) is 4.75. The summed E-state index contributed by atoms with van der Waals surface area (Å²) in [6.07, 6.45) is 1.46. The van der Waals surface area contributed by atoms with Crippen molar-refractivity contribution in [3.8, 4) is 10.8 Å². The lowest BCUT2D eigenvalue weighted by molar-refractivity contribution is -0.137. The van der Waals surface area contributed by atoms with Crippen molar-refractivity contribution in [3.05, 3.63) is 29.5 Å². The van der Waals surface area contributed by atoms with E-state index in [1.54, 1.807) is 23.8 Å². The number of aromatic nitrogens is 1. The minimum Gasteiger partial charge on any atom is -0.481 e. The van der Waals surface area contributed by atoms with E-state index in [2.05, 4.69) is 4.98 Å². The molecule has 0 aliphatic rings. The molecule has 2 aromatic rings. The number of thiazole rings is 1. The van der Waals surface area contributed by atoms with Crippen LogP contribution in [0, 0.1) is 0 Å². The van der Waals surface area contributed by atoms with Crippen molar-refractivity contribution >= 4 is 23.2 Å². The summed E-state index contributed by atoms with van der Waals surface area (Å²) < 4.78 is 5.24. The van der Waals surface area contributed by atoms with Crippen molar-refractivity contribution in [2.24, 2.45) is 0 Å². The molecule has 0 radical (unpaired) electrons. The fraction of sp³-hybridized carbons (Fsp3) is 0.357. The first-order chi connectivity index (χ1) is 9.99. The van der Waals surface area contributed by atoms with E-state index in [1.165, 1.54) is 16.2 Å². The number of carbonyl (C=O) groups is 2. The van der Waals surface area contributed by atoms with Crippen LogP contribution >= 0.6 is 11.3 Å². The highest BCUT2D eigenvalue weighted by molar-refractivity contribution is 7.13. The lowest BCUT2D eigenvalue weighted by Crippen LogP contribution is -2.38. The molecule has 2 rings (SSSR count). The van der Waals surface area contributed by atoms with Gasteiger partial charge in [-0.1, -0.05) is 0 Å². The highest BCUT2D eigenvalue weighted by Crippen LogP contribution is 2.24. The Hall–Kier alpha value is -2.15. The Bertz CT molecular complexity index is 619. The van der Waals surface area contributed by atoms with Gasteiger partial charge in [-0.05, 0) is 26.0 Å². The van der Waals surface area contributed by atoms with Crippen molar-refractivity contribution < 1.29 is 19.1 Å². The minimum atomic E-state index is -0.928. The number of nitrogens with zero attached hydrogens (tertiary/aromatic N) is 2. The number of hydrogen-bond acceptors (Lipinski definition) is 5. The van der Waals surface area contributed by atoms with Gasteiger partial charge >= 0.3 is 5.97 Å². The summed E-state index contributed by atoms with van der Waals surface area (Å²) in [6.45, 7) is 3.86. The van der Waals surface area contributed by atoms with Crippen molar-refractivity contribution in [1.29, 1.82) is 0 Å². The number of aliphatic carboxylic acids is 1. The first-order valence-electron chi connectivity index (χ1n) is 6.51. The largest absolute Gasteiger partial charge is 0.481 e. The number of amides is 1. The van der Waals surface area contributed by atoms with Crippen molar-refractivity contribution in [1.82, 2.24) is 9.88 Å². The monoisotopic (exact) mass is 308 g/mol. The summed E-state index contributed by atoms with van der Waals surface area (Å²) in [4.78, 5) is 28.9. The predicted molar refractivity (Wildman–Crippen MR) is 78.2 cm³/mol. The molecule has 0 bridgehead atoms. The molecule has 2 heterocycles. The Morgan fingerprint density at radius 2 is 2.24 bits per heavy atom. The third kappa shape index (κ3) is 3.69. The SMILES string of the molecule is CC(C)N(CCC(=O)O)C(=O)c1csc(-c2ccco2)n1. The third-order valence-electron chi connectivity index (χ3n) is 2.91. The van der Waals surface area contributed by atoms with E-state index in [9.17, 15) is 9.59 Å². The van der Waals surface area contributed by atoms with E-state index in [4.69, 9.17) is 9.52 Å². The first-order valence-corrected chi connectivity index (χ1v) is 7.39. The Balaban J connectivity index is 2.15. The maximum atomic E-state index is 12.4. The zero-order valence-electron chi connectivity index (χ0n) is 11.8. The van der Waals surface area contributed by atoms with Gasteiger partial charge in [-0.2, -0.15) is 0 Å². The molecule has 0 atom stereocenters. The molecule has 7 heteroatoms. The van der Waals surface area contributed by atoms with Crippen LogP contribution in [0.4, 0.5) is 0 Å². The summed E-state index contributed by atoms with van der Waals surface area (Å²) >= 11 is 1.32. The molecule has 1 N–H and O–H groups in total. The molecule has 21 heavy (non-hydrogen) atoms. The van der Waals surface area contributed by atoms with Crippen LogP contribution in [0.15, 0.2) is 28.2 Å². The topological polar surface area (TPSA) is 83.6 Å². The van der Waals surface area contributed by atoms with Crippen LogP contribution in [-0.2, 0) is 4.79 Å². The van der Waals surface area contributed by atoms with Gasteiger partial charge in [0.15, 0.2) is 10.8 Å². The fourth-order valence-electron chi connectivity index (χ4n) is 1.84. The van der Waals surface area contributed by atoms with Crippen LogP contribution < -0.4 is 0 Å². The van der Waals surface area contributed by atoms with Crippen LogP contribution in [0.5, 0.6) is 0 Å². The van der Waals surface area contributed by atoms with Gasteiger partial charge in [0.25, 0.3) is 5.91 Å². The van der Waals surface area contributed by atoms with Gasteiger partial charge in [0, 0.05) is 18.0 Å². The Morgan fingerprint density at radius 1 is 1.48 bits per heavy atom. The van der Waals surface area contributed by atoms with Gasteiger partial charge < -0.3 is 14.4 Å². The van der Waals surface area contributed by atoms with Gasteiger partial charge in [-0.15, -0.1) is 11.3 Å². The summed E-state index contributed by atoms with van der Waals surface area (Å²) in [5, 5.41) is 11.1. The first kappa shape index (κ1) is 15.2. The lowest BCUT2D eigenvalue weighted by atomic mass is 10.2. The molecule has 2 aromatic heterocycles. The van der Waals surface area contributed by atoms with E-state index in [-0.39, 0.29) is 24.9 Å². The number of carbonyl (C=O) groups excluding carboxylic acids is 1. The molecule has 1 amide bonds. The molecular weight excluding hydrogens is 292 g/mol. The molecule has 0 spiro atoms. The summed E-state index contributed by atoms with van der Waals surface area (Å²) in [5.74, 6) is -0.580. The van der Waals surface area contributed by atoms with E-state index < -0.39 is 5.97 Å². The number of hydrogen-bond donors (Lipinski definition) is 1. The Kier molecular flexibility index (Phi) is 4.74. The predicted octanol–water partition coefficient (Wildman–Crippen LogP) is 2.73. The molecule has 0 aliphatic heterocycles. The average molecular weight is 308 g/mol. The molecule has 0 saturated heterocycles. The lowest BCUT2D eigenvalue weighted by Gasteiger charge is -2.25. The standard InChI is InChI=1S/C14H16N2O4S/c1-9(2)16(6-5-12(17)18)14(19)10-8-21-13(15-10)11-4-3-7-20-11/h3-4,7-9H,5-6H2,1-2H3,(H,17,18). The quantitative estimate of drug-likeness (QED) is 0.887. The van der Waals surface area contributed by atoms with E-state index in [1.807, 2.05) is 13.8 Å². The maximum absolute atomic E-state index is 12.4. The van der Waals surface area contributed by atoms with Gasteiger partial charge in [-0.25, -0.2) is 4.98 Å². The van der Waals surface area contributed by atoms with Gasteiger partial charge in [-0.3, -0.25) is 9.59 Å². The molecule has 112 valence electrons. The summed E-state index contributed by atoms with van der Waals surface area (Å²) in [5.41, 5.74) is 0.311. The molecular formula is C14H16N2O4S. The molecule has 0 aliphatic carbocycles. The summed E-state index contributed by atoms with van der Waals surface area (Å²) in [7, 11) is 0. The smallest absolute Gasteiger partial charge is 0.305 e. The van der Waals surface area contributed by atoms with Crippen LogP contribution in [0.3, 0.4) is 0 Å². The molecule has 0 aromatic carbocycles. The Morgan fingerprint density at radius 3 is 2.81 bits per heavy atom. The number of rotatable bonds is 6. The van der Waals surface area contributed by atoms with Gasteiger partial charge in [0.05, 0.1) is 12.7 Å². The maximum Gasteiger partial charge on any atom is 0.305 e. The molecule has 0 fully saturated rings. The van der Waals surface area contributed by atoms with Gasteiger partial charge in [0.1, 0.15) is 5.69 Å². The third-order valence-corrected chi connectivity index (χ3v) is 3.76. The summed E-state index contributed by atoms with van der Waals surface area (Å²) in [6, 6.07) is 3.44. The molecule has 0 unspecified atom stereocenters. The fourth-order valence-corrected chi connectivity index (χ4v) is 2.60. The van der Waals surface area contributed by atoms with Crippen molar-refractivity contribution in [3.63, 3.8) is 0 Å². The number of carboxylic acids is 1. The second kappa shape index (κ2) is 6.53. The van der Waals surface area contributed by atoms with Crippen LogP contribution in [0.25, 0.3) is 10.8 Å². The van der Waals surface area contributed by atoms with Crippen molar-refractivity contribution in [2.45, 2.75) is 26.3 Å². The molecule has 0 saturated carbocycles. The number of furan rings is 1. The highest BCUT2D eigenvalue weighted by atomic mass is 32.1. The van der Waals surface area contributed by atoms with E-state index >= 15 is 0 Å². The normalized spacial score (nSPS) is 10.8. The zero-order valence-corrected chi connectivity index (χ0v) is 12.6.